The molecule has 7 nitrogen and oxygen atoms in total. The summed E-state index contributed by atoms with van der Waals surface area (Å²) in [6.07, 6.45) is 1.56. The number of phenolic OH excluding ortho intramolecular Hbond substituents is 1. The number of hydrogen-bond acceptors (Lipinski definition) is 8. The normalized spacial score (nSPS) is 16.2. The number of esters is 1. The van der Waals surface area contributed by atoms with Gasteiger partial charge in [-0.05, 0) is 43.3 Å². The van der Waals surface area contributed by atoms with Gasteiger partial charge in [0.2, 0.25) is 0 Å². The van der Waals surface area contributed by atoms with Gasteiger partial charge in [-0.1, -0.05) is 23.9 Å². The van der Waals surface area contributed by atoms with Crippen molar-refractivity contribution in [3.05, 3.63) is 64.3 Å². The third-order valence-electron chi connectivity index (χ3n) is 4.20. The summed E-state index contributed by atoms with van der Waals surface area (Å²) >= 11 is 1.10. The van der Waals surface area contributed by atoms with Gasteiger partial charge < -0.3 is 24.4 Å². The van der Waals surface area contributed by atoms with Crippen LogP contribution >= 0.6 is 11.8 Å². The van der Waals surface area contributed by atoms with E-state index in [1.165, 1.54) is 14.2 Å². The van der Waals surface area contributed by atoms with Gasteiger partial charge in [0.05, 0.1) is 31.4 Å². The van der Waals surface area contributed by atoms with Crippen LogP contribution in [0.2, 0.25) is 0 Å². The van der Waals surface area contributed by atoms with Gasteiger partial charge in [-0.15, -0.1) is 0 Å². The largest absolute Gasteiger partial charge is 0.506 e. The van der Waals surface area contributed by atoms with Crippen molar-refractivity contribution in [2.45, 2.75) is 6.92 Å². The fraction of sp³-hybridized carbons (Fsp3) is 0.182. The van der Waals surface area contributed by atoms with Crippen molar-refractivity contribution in [2.75, 3.05) is 20.8 Å². The molecule has 0 unspecified atom stereocenters. The number of nitrogens with zero attached hydrogens (tertiary/aromatic N) is 1. The SMILES string of the molecule is CCOc1ccc(N=C2SC(=Cc3cccc(OC)c3O)C(O)=C2C(=O)OC)cc1. The Balaban J connectivity index is 2.01. The van der Waals surface area contributed by atoms with Crippen molar-refractivity contribution in [3.8, 4) is 17.2 Å². The summed E-state index contributed by atoms with van der Waals surface area (Å²) in [7, 11) is 2.68. The summed E-state index contributed by atoms with van der Waals surface area (Å²) in [5, 5.41) is 21.3. The Labute approximate surface area is 178 Å². The van der Waals surface area contributed by atoms with E-state index in [0.29, 0.717) is 34.3 Å². The average Bonchev–Trinajstić information content (AvgIpc) is 3.05. The molecule has 8 heteroatoms. The predicted molar refractivity (Wildman–Crippen MR) is 117 cm³/mol. The second kappa shape index (κ2) is 9.41. The van der Waals surface area contributed by atoms with Crippen LogP contribution in [0.5, 0.6) is 17.2 Å². The Morgan fingerprint density at radius 1 is 1.13 bits per heavy atom. The topological polar surface area (TPSA) is 97.6 Å². The Bertz CT molecular complexity index is 1040. The molecule has 0 atom stereocenters. The van der Waals surface area contributed by atoms with E-state index in [4.69, 9.17) is 14.2 Å². The van der Waals surface area contributed by atoms with E-state index in [-0.39, 0.29) is 22.1 Å². The third-order valence-corrected chi connectivity index (χ3v) is 5.22. The number of methoxy groups -OCH3 is 2. The molecular formula is C22H21NO6S. The van der Waals surface area contributed by atoms with E-state index in [1.54, 1.807) is 48.5 Å². The van der Waals surface area contributed by atoms with Crippen LogP contribution in [0.4, 0.5) is 5.69 Å². The molecule has 2 aromatic rings. The van der Waals surface area contributed by atoms with Crippen LogP contribution in [0.3, 0.4) is 0 Å². The van der Waals surface area contributed by atoms with Gasteiger partial charge in [0.1, 0.15) is 22.1 Å². The first-order valence-corrected chi connectivity index (χ1v) is 9.89. The lowest BCUT2D eigenvalue weighted by molar-refractivity contribution is -0.135. The second-order valence-corrected chi connectivity index (χ2v) is 7.10. The number of carbonyl (C=O) groups is 1. The lowest BCUT2D eigenvalue weighted by Gasteiger charge is -2.06. The molecule has 2 N–H and O–H groups in total. The summed E-state index contributed by atoms with van der Waals surface area (Å²) < 4.78 is 15.3. The highest BCUT2D eigenvalue weighted by Crippen LogP contribution is 2.42. The zero-order valence-corrected chi connectivity index (χ0v) is 17.5. The highest BCUT2D eigenvalue weighted by atomic mass is 32.2. The number of benzene rings is 2. The predicted octanol–water partition coefficient (Wildman–Crippen LogP) is 4.60. The van der Waals surface area contributed by atoms with Gasteiger partial charge in [-0.3, -0.25) is 0 Å². The molecular weight excluding hydrogens is 406 g/mol. The Hall–Kier alpha value is -3.39. The summed E-state index contributed by atoms with van der Waals surface area (Å²) in [6, 6.07) is 12.0. The Kier molecular flexibility index (Phi) is 6.68. The minimum atomic E-state index is -0.706. The minimum Gasteiger partial charge on any atom is -0.506 e. The third kappa shape index (κ3) is 4.44. The number of ether oxygens (including phenoxy) is 3. The van der Waals surface area contributed by atoms with E-state index >= 15 is 0 Å². The molecule has 0 amide bonds. The Morgan fingerprint density at radius 3 is 2.50 bits per heavy atom. The zero-order chi connectivity index (χ0) is 21.7. The maximum Gasteiger partial charge on any atom is 0.344 e. The average molecular weight is 427 g/mol. The van der Waals surface area contributed by atoms with Crippen molar-refractivity contribution in [2.24, 2.45) is 4.99 Å². The number of aliphatic hydroxyl groups is 1. The number of aliphatic hydroxyl groups excluding tert-OH is 1. The van der Waals surface area contributed by atoms with E-state index < -0.39 is 5.97 Å². The smallest absolute Gasteiger partial charge is 0.344 e. The summed E-state index contributed by atoms with van der Waals surface area (Å²) in [5.41, 5.74) is 0.973. The first kappa shape index (κ1) is 21.3. The zero-order valence-electron chi connectivity index (χ0n) is 16.7. The molecule has 0 radical (unpaired) electrons. The maximum atomic E-state index is 12.3. The van der Waals surface area contributed by atoms with Crippen LogP contribution in [0, 0.1) is 0 Å². The molecule has 1 aliphatic heterocycles. The standard InChI is InChI=1S/C22H21NO6S/c1-4-29-15-10-8-14(9-11-15)23-21-18(22(26)28-3)20(25)17(30-21)12-13-6-5-7-16(27-2)19(13)24/h5-12,24-25H,4H2,1-3H3. The van der Waals surface area contributed by atoms with Crippen LogP contribution in [0.15, 0.2) is 63.7 Å². The number of phenols is 1. The van der Waals surface area contributed by atoms with Gasteiger partial charge >= 0.3 is 5.97 Å². The molecule has 30 heavy (non-hydrogen) atoms. The van der Waals surface area contributed by atoms with Crippen molar-refractivity contribution in [1.29, 1.82) is 0 Å². The fourth-order valence-electron chi connectivity index (χ4n) is 2.75. The fourth-order valence-corrected chi connectivity index (χ4v) is 3.78. The molecule has 0 fully saturated rings. The number of aliphatic imine (C=N–C) groups is 1. The molecule has 1 aliphatic rings. The first-order valence-electron chi connectivity index (χ1n) is 9.07. The molecule has 0 bridgehead atoms. The number of thioether (sulfide) groups is 1. The molecule has 0 aliphatic carbocycles. The molecule has 0 spiro atoms. The highest BCUT2D eigenvalue weighted by Gasteiger charge is 2.33. The van der Waals surface area contributed by atoms with Gasteiger partial charge in [0.15, 0.2) is 11.5 Å². The molecule has 0 saturated heterocycles. The lowest BCUT2D eigenvalue weighted by atomic mass is 10.1. The second-order valence-electron chi connectivity index (χ2n) is 6.07. The molecule has 1 heterocycles. The number of para-hydroxylation sites is 1. The highest BCUT2D eigenvalue weighted by molar-refractivity contribution is 8.18. The van der Waals surface area contributed by atoms with E-state index in [2.05, 4.69) is 4.99 Å². The number of rotatable bonds is 6. The van der Waals surface area contributed by atoms with Gasteiger partial charge in [0, 0.05) is 5.56 Å². The van der Waals surface area contributed by atoms with Crippen LogP contribution in [-0.4, -0.2) is 42.1 Å². The minimum absolute atomic E-state index is 0.0370. The van der Waals surface area contributed by atoms with Crippen molar-refractivity contribution in [1.82, 2.24) is 0 Å². The van der Waals surface area contributed by atoms with Crippen molar-refractivity contribution >= 4 is 34.5 Å². The summed E-state index contributed by atoms with van der Waals surface area (Å²) in [6.45, 7) is 2.45. The Morgan fingerprint density at radius 2 is 1.87 bits per heavy atom. The summed E-state index contributed by atoms with van der Waals surface area (Å²) in [5.74, 6) is -0.0346. The maximum absolute atomic E-state index is 12.3. The van der Waals surface area contributed by atoms with Crippen LogP contribution < -0.4 is 9.47 Å². The van der Waals surface area contributed by atoms with Crippen molar-refractivity contribution < 1.29 is 29.2 Å². The van der Waals surface area contributed by atoms with Crippen LogP contribution in [-0.2, 0) is 9.53 Å². The lowest BCUT2D eigenvalue weighted by Crippen LogP contribution is -2.10. The number of carbonyl (C=O) groups excluding carboxylic acids is 1. The quantitative estimate of drug-likeness (QED) is 0.650. The molecule has 3 rings (SSSR count). The number of aromatic hydroxyl groups is 1. The van der Waals surface area contributed by atoms with Crippen LogP contribution in [0.1, 0.15) is 12.5 Å². The van der Waals surface area contributed by atoms with Gasteiger partial charge in [0.25, 0.3) is 0 Å². The van der Waals surface area contributed by atoms with Gasteiger partial charge in [-0.25, -0.2) is 9.79 Å². The van der Waals surface area contributed by atoms with Crippen LogP contribution in [0.25, 0.3) is 6.08 Å². The molecule has 156 valence electrons. The molecule has 0 saturated carbocycles. The van der Waals surface area contributed by atoms with E-state index in [9.17, 15) is 15.0 Å². The first-order chi connectivity index (χ1) is 14.5. The van der Waals surface area contributed by atoms with E-state index in [0.717, 1.165) is 11.8 Å². The molecule has 0 aromatic heterocycles. The molecule has 2 aromatic carbocycles. The van der Waals surface area contributed by atoms with Gasteiger partial charge in [-0.2, -0.15) is 0 Å². The monoisotopic (exact) mass is 427 g/mol. The van der Waals surface area contributed by atoms with Crippen molar-refractivity contribution in [3.63, 3.8) is 0 Å². The summed E-state index contributed by atoms with van der Waals surface area (Å²) in [4.78, 5) is 17.1. The van der Waals surface area contributed by atoms with E-state index in [1.807, 2.05) is 6.92 Å². The number of hydrogen-bond donors (Lipinski definition) is 2.